The summed E-state index contributed by atoms with van der Waals surface area (Å²) in [4.78, 5) is 62.4. The number of aliphatic carboxylic acids is 2. The fourth-order valence-corrected chi connectivity index (χ4v) is 9.09. The smallest absolute Gasteiger partial charge is 0.407 e. The lowest BCUT2D eigenvalue weighted by molar-refractivity contribution is -0.141. The molecular weight excluding hydrogens is 857 g/mol. The van der Waals surface area contributed by atoms with Gasteiger partial charge < -0.3 is 30.3 Å². The molecule has 0 heterocycles. The fraction of sp³-hybridized carbons (Fsp3) is 0.175. The minimum atomic E-state index is -1.10. The van der Waals surface area contributed by atoms with Crippen LogP contribution in [0.1, 0.15) is 63.1 Å². The number of benzene rings is 7. The van der Waals surface area contributed by atoms with Crippen molar-refractivity contribution in [3.63, 3.8) is 0 Å². The molecule has 2 aliphatic carbocycles. The zero-order valence-corrected chi connectivity index (χ0v) is 37.1. The molecule has 4 N–H and O–H groups in total. The molecule has 0 radical (unpaired) electrons. The van der Waals surface area contributed by atoms with E-state index in [-0.39, 0.29) is 50.1 Å². The lowest BCUT2D eigenvalue weighted by atomic mass is 9.90. The molecular formula is C57H50N2O9. The normalized spacial score (nSPS) is 13.4. The number of Topliss-reactive ketones (excluding diaryl/α,β-unsaturated/α-hetero) is 1. The van der Waals surface area contributed by atoms with Gasteiger partial charge in [-0.25, -0.2) is 14.4 Å². The van der Waals surface area contributed by atoms with Crippen LogP contribution in [0.3, 0.4) is 0 Å². The Kier molecular flexibility index (Phi) is 14.8. The first-order valence-electron chi connectivity index (χ1n) is 22.5. The number of nitrogens with one attached hydrogen (secondary N) is 2. The molecule has 11 nitrogen and oxygen atoms in total. The SMILES string of the molecule is O=C(N[C@@H](Cc1ccccc1)C(=O)C[C@@H](C(=O)O)c1ccccc1)OCC1c2ccccc2-c2ccccc21.O=C(N[C@@H](Cc1ccccc1)C(=O)O)OCC1c2ccccc2-c2ccccc21. The Morgan fingerprint density at radius 2 is 0.765 bits per heavy atom. The Morgan fingerprint density at radius 1 is 0.426 bits per heavy atom. The molecule has 7 aromatic carbocycles. The topological polar surface area (TPSA) is 168 Å². The molecule has 0 spiro atoms. The number of rotatable bonds is 16. The molecule has 0 unspecified atom stereocenters. The van der Waals surface area contributed by atoms with Gasteiger partial charge in [-0.2, -0.15) is 0 Å². The second-order valence-corrected chi connectivity index (χ2v) is 16.7. The quantitative estimate of drug-likeness (QED) is 0.0738. The van der Waals surface area contributed by atoms with Gasteiger partial charge in [0.1, 0.15) is 19.3 Å². The molecule has 0 fully saturated rings. The summed E-state index contributed by atoms with van der Waals surface area (Å²) in [6, 6.07) is 57.4. The Balaban J connectivity index is 0.000000192. The van der Waals surface area contributed by atoms with Crippen LogP contribution in [0, 0.1) is 0 Å². The van der Waals surface area contributed by atoms with Gasteiger partial charge >= 0.3 is 24.1 Å². The summed E-state index contributed by atoms with van der Waals surface area (Å²) in [6.07, 6.45) is -1.26. The van der Waals surface area contributed by atoms with Crippen LogP contribution in [0.25, 0.3) is 22.3 Å². The minimum Gasteiger partial charge on any atom is -0.481 e. The van der Waals surface area contributed by atoms with Crippen molar-refractivity contribution in [1.82, 2.24) is 10.6 Å². The van der Waals surface area contributed by atoms with Crippen molar-refractivity contribution in [3.05, 3.63) is 227 Å². The van der Waals surface area contributed by atoms with Gasteiger partial charge in [0.05, 0.1) is 12.0 Å². The standard InChI is InChI=1S/C33H29NO5.C24H21NO4/c35-31(20-28(32(36)37)23-13-5-2-6-14-23)30(19-22-11-3-1-4-12-22)34-33(38)39-21-29-26-17-9-7-15-24(26)25-16-8-10-18-27(25)29;26-23(27)22(14-16-8-2-1-3-9-16)25-24(28)29-15-21-19-12-6-4-10-17(19)18-11-5-7-13-20(18)21/h1-18,28-30H,19-21H2,(H,34,38)(H,36,37);1-13,21-22H,14-15H2,(H,25,28)(H,26,27)/t28-,30+;22-/m10/s1. The molecule has 0 saturated heterocycles. The highest BCUT2D eigenvalue weighted by molar-refractivity contribution is 5.92. The number of carbonyl (C=O) groups is 5. The molecule has 68 heavy (non-hydrogen) atoms. The Bertz CT molecular complexity index is 2800. The van der Waals surface area contributed by atoms with Crippen molar-refractivity contribution >= 4 is 29.9 Å². The number of carbonyl (C=O) groups excluding carboxylic acids is 3. The van der Waals surface area contributed by atoms with Crippen LogP contribution in [0.2, 0.25) is 0 Å². The monoisotopic (exact) mass is 906 g/mol. The predicted molar refractivity (Wildman–Crippen MR) is 258 cm³/mol. The number of amides is 2. The number of alkyl carbamates (subject to hydrolysis) is 2. The lowest BCUT2D eigenvalue weighted by Crippen LogP contribution is -2.43. The number of hydrogen-bond acceptors (Lipinski definition) is 7. The second kappa shape index (κ2) is 21.8. The van der Waals surface area contributed by atoms with Gasteiger partial charge in [0.25, 0.3) is 0 Å². The molecule has 11 heteroatoms. The van der Waals surface area contributed by atoms with Crippen molar-refractivity contribution < 1.29 is 43.7 Å². The molecule has 2 amide bonds. The first-order valence-corrected chi connectivity index (χ1v) is 22.5. The van der Waals surface area contributed by atoms with Gasteiger partial charge in [0, 0.05) is 24.7 Å². The average molecular weight is 907 g/mol. The van der Waals surface area contributed by atoms with E-state index in [1.165, 1.54) is 0 Å². The molecule has 342 valence electrons. The summed E-state index contributed by atoms with van der Waals surface area (Å²) in [5, 5.41) is 24.5. The van der Waals surface area contributed by atoms with Crippen molar-refractivity contribution in [2.45, 2.75) is 49.1 Å². The molecule has 9 rings (SSSR count). The summed E-state index contributed by atoms with van der Waals surface area (Å²) in [6.45, 7) is 0.269. The summed E-state index contributed by atoms with van der Waals surface area (Å²) < 4.78 is 11.1. The van der Waals surface area contributed by atoms with Crippen LogP contribution in [0.15, 0.2) is 188 Å². The van der Waals surface area contributed by atoms with E-state index in [1.807, 2.05) is 133 Å². The summed E-state index contributed by atoms with van der Waals surface area (Å²) in [5.41, 5.74) is 11.2. The van der Waals surface area contributed by atoms with E-state index in [0.29, 0.717) is 5.56 Å². The van der Waals surface area contributed by atoms with Crippen molar-refractivity contribution in [2.24, 2.45) is 0 Å². The average Bonchev–Trinajstić information content (AvgIpc) is 3.87. The first-order chi connectivity index (χ1) is 33.1. The van der Waals surface area contributed by atoms with Gasteiger partial charge in [-0.15, -0.1) is 0 Å². The molecule has 3 atom stereocenters. The number of ether oxygens (including phenoxy) is 2. The van der Waals surface area contributed by atoms with Crippen LogP contribution in [0.4, 0.5) is 9.59 Å². The maximum absolute atomic E-state index is 13.4. The number of hydrogen-bond donors (Lipinski definition) is 4. The van der Waals surface area contributed by atoms with E-state index in [0.717, 1.165) is 55.6 Å². The molecule has 0 saturated carbocycles. The van der Waals surface area contributed by atoms with Crippen LogP contribution in [0.5, 0.6) is 0 Å². The Hall–Kier alpha value is -8.31. The number of carboxylic acids is 2. The lowest BCUT2D eigenvalue weighted by Gasteiger charge is -2.21. The molecule has 0 aliphatic heterocycles. The van der Waals surface area contributed by atoms with Gasteiger partial charge in [0.2, 0.25) is 0 Å². The minimum absolute atomic E-state index is 0.0643. The number of fused-ring (bicyclic) bond motifs is 6. The summed E-state index contributed by atoms with van der Waals surface area (Å²) >= 11 is 0. The Labute approximate surface area is 394 Å². The maximum atomic E-state index is 13.4. The zero-order chi connectivity index (χ0) is 47.4. The summed E-state index contributed by atoms with van der Waals surface area (Å²) in [7, 11) is 0. The second-order valence-electron chi connectivity index (χ2n) is 16.7. The van der Waals surface area contributed by atoms with E-state index in [9.17, 15) is 34.2 Å². The van der Waals surface area contributed by atoms with Crippen LogP contribution in [-0.2, 0) is 36.7 Å². The van der Waals surface area contributed by atoms with E-state index in [4.69, 9.17) is 9.47 Å². The van der Waals surface area contributed by atoms with E-state index >= 15 is 0 Å². The third kappa shape index (κ3) is 11.0. The summed E-state index contributed by atoms with van der Waals surface area (Å²) in [5.74, 6) is -3.74. The molecule has 2 aliphatic rings. The van der Waals surface area contributed by atoms with Crippen molar-refractivity contribution in [3.8, 4) is 22.3 Å². The third-order valence-corrected chi connectivity index (χ3v) is 12.4. The largest absolute Gasteiger partial charge is 0.481 e. The van der Waals surface area contributed by atoms with E-state index < -0.39 is 42.1 Å². The molecule has 0 aromatic heterocycles. The van der Waals surface area contributed by atoms with Crippen LogP contribution < -0.4 is 10.6 Å². The number of carboxylic acid groups (broad SMARTS) is 2. The van der Waals surface area contributed by atoms with Crippen LogP contribution in [-0.4, -0.2) is 65.4 Å². The third-order valence-electron chi connectivity index (χ3n) is 12.4. The van der Waals surface area contributed by atoms with Crippen LogP contribution >= 0.6 is 0 Å². The fourth-order valence-electron chi connectivity index (χ4n) is 9.09. The van der Waals surface area contributed by atoms with Crippen molar-refractivity contribution in [1.29, 1.82) is 0 Å². The molecule has 0 bridgehead atoms. The Morgan fingerprint density at radius 3 is 1.15 bits per heavy atom. The van der Waals surface area contributed by atoms with E-state index in [1.54, 1.807) is 30.3 Å². The maximum Gasteiger partial charge on any atom is 0.407 e. The number of ketones is 1. The highest BCUT2D eigenvalue weighted by Crippen LogP contribution is 2.45. The van der Waals surface area contributed by atoms with Gasteiger partial charge in [-0.3, -0.25) is 9.59 Å². The van der Waals surface area contributed by atoms with Gasteiger partial charge in [-0.1, -0.05) is 188 Å². The highest BCUT2D eigenvalue weighted by Gasteiger charge is 2.33. The van der Waals surface area contributed by atoms with E-state index in [2.05, 4.69) is 34.9 Å². The highest BCUT2D eigenvalue weighted by atomic mass is 16.6. The zero-order valence-electron chi connectivity index (χ0n) is 37.1. The predicted octanol–water partition coefficient (Wildman–Crippen LogP) is 10.2. The molecule has 7 aromatic rings. The van der Waals surface area contributed by atoms with Gasteiger partial charge in [-0.05, 0) is 67.6 Å². The van der Waals surface area contributed by atoms with Crippen molar-refractivity contribution in [2.75, 3.05) is 13.2 Å². The first kappa shape index (κ1) is 46.2. The van der Waals surface area contributed by atoms with Gasteiger partial charge in [0.15, 0.2) is 5.78 Å².